The molecule has 0 aliphatic heterocycles. The lowest BCUT2D eigenvalue weighted by Crippen LogP contribution is -2.36. The summed E-state index contributed by atoms with van der Waals surface area (Å²) in [7, 11) is 0. The Kier molecular flexibility index (Phi) is 4.56. The Hall–Kier alpha value is -2.10. The molecule has 1 aliphatic carbocycles. The molecular weight excluding hydrogens is 254 g/mol. The van der Waals surface area contributed by atoms with E-state index in [1.165, 1.54) is 22.4 Å². The molecule has 2 rings (SSSR count). The smallest absolute Gasteiger partial charge is 0.323 e. The van der Waals surface area contributed by atoms with Crippen molar-refractivity contribution in [2.75, 3.05) is 13.1 Å². The second-order valence-electron chi connectivity index (χ2n) is 5.09. The summed E-state index contributed by atoms with van der Waals surface area (Å²) in [5.41, 5.74) is 3.65. The van der Waals surface area contributed by atoms with Gasteiger partial charge in [-0.2, -0.15) is 0 Å². The molecule has 106 valence electrons. The van der Waals surface area contributed by atoms with E-state index in [4.69, 9.17) is 5.11 Å². The number of rotatable bonds is 6. The molecule has 4 nitrogen and oxygen atoms in total. The largest absolute Gasteiger partial charge is 0.480 e. The summed E-state index contributed by atoms with van der Waals surface area (Å²) in [6.45, 7) is 3.54. The molecule has 0 unspecified atom stereocenters. The highest BCUT2D eigenvalue weighted by atomic mass is 16.4. The molecule has 20 heavy (non-hydrogen) atoms. The highest BCUT2D eigenvalue weighted by Crippen LogP contribution is 2.23. The van der Waals surface area contributed by atoms with Crippen molar-refractivity contribution in [1.29, 1.82) is 0 Å². The lowest BCUT2D eigenvalue weighted by molar-refractivity contribution is -0.143. The van der Waals surface area contributed by atoms with Crippen molar-refractivity contribution in [3.05, 3.63) is 47.5 Å². The average Bonchev–Trinajstić information content (AvgIpc) is 2.85. The van der Waals surface area contributed by atoms with Crippen LogP contribution in [0.15, 0.2) is 30.9 Å². The standard InChI is InChI=1S/C16H19NO3/c1-2-8-17(11-16(19)20)15(18)10-12-6-7-13-4-3-5-14(13)9-12/h2,6-7,9H,1,3-5,8,10-11H2,(H,19,20). The maximum absolute atomic E-state index is 12.2. The molecule has 0 bridgehead atoms. The van der Waals surface area contributed by atoms with Gasteiger partial charge in [-0.1, -0.05) is 24.3 Å². The highest BCUT2D eigenvalue weighted by Gasteiger charge is 2.17. The third kappa shape index (κ3) is 3.47. The number of hydrogen-bond donors (Lipinski definition) is 1. The number of aliphatic carboxylic acids is 1. The van der Waals surface area contributed by atoms with E-state index in [-0.39, 0.29) is 25.4 Å². The van der Waals surface area contributed by atoms with Crippen molar-refractivity contribution < 1.29 is 14.7 Å². The molecule has 1 aliphatic rings. The van der Waals surface area contributed by atoms with Gasteiger partial charge in [-0.25, -0.2) is 0 Å². The van der Waals surface area contributed by atoms with Crippen molar-refractivity contribution in [3.8, 4) is 0 Å². The molecular formula is C16H19NO3. The van der Waals surface area contributed by atoms with E-state index in [0.717, 1.165) is 18.4 Å². The number of fused-ring (bicyclic) bond motifs is 1. The van der Waals surface area contributed by atoms with E-state index in [1.807, 2.05) is 6.07 Å². The Morgan fingerprint density at radius 3 is 2.75 bits per heavy atom. The first-order valence-electron chi connectivity index (χ1n) is 6.81. The molecule has 1 aromatic carbocycles. The van der Waals surface area contributed by atoms with Crippen LogP contribution in [0.2, 0.25) is 0 Å². The Morgan fingerprint density at radius 2 is 2.05 bits per heavy atom. The predicted molar refractivity (Wildman–Crippen MR) is 76.6 cm³/mol. The molecule has 1 aromatic rings. The first kappa shape index (κ1) is 14.3. The number of amides is 1. The fourth-order valence-electron chi connectivity index (χ4n) is 2.60. The molecule has 0 radical (unpaired) electrons. The van der Waals surface area contributed by atoms with Crippen LogP contribution in [-0.2, 0) is 28.9 Å². The van der Waals surface area contributed by atoms with E-state index in [0.29, 0.717) is 0 Å². The third-order valence-electron chi connectivity index (χ3n) is 3.55. The molecule has 4 heteroatoms. The average molecular weight is 273 g/mol. The second kappa shape index (κ2) is 6.37. The number of carboxylic acid groups (broad SMARTS) is 1. The van der Waals surface area contributed by atoms with Crippen molar-refractivity contribution in [1.82, 2.24) is 4.90 Å². The van der Waals surface area contributed by atoms with Crippen LogP contribution in [0.1, 0.15) is 23.1 Å². The van der Waals surface area contributed by atoms with Crippen LogP contribution in [-0.4, -0.2) is 35.0 Å². The van der Waals surface area contributed by atoms with E-state index in [1.54, 1.807) is 6.08 Å². The molecule has 0 atom stereocenters. The summed E-state index contributed by atoms with van der Waals surface area (Å²) < 4.78 is 0. The van der Waals surface area contributed by atoms with Gasteiger partial charge in [0.15, 0.2) is 0 Å². The van der Waals surface area contributed by atoms with E-state index < -0.39 is 5.97 Å². The van der Waals surface area contributed by atoms with Crippen molar-refractivity contribution >= 4 is 11.9 Å². The molecule has 0 heterocycles. The summed E-state index contributed by atoms with van der Waals surface area (Å²) in [5, 5.41) is 8.82. The minimum atomic E-state index is -1.01. The SMILES string of the molecule is C=CCN(CC(=O)O)C(=O)Cc1ccc2c(c1)CCC2. The Balaban J connectivity index is 2.05. The van der Waals surface area contributed by atoms with Crippen LogP contribution in [0, 0.1) is 0 Å². The number of hydrogen-bond acceptors (Lipinski definition) is 2. The molecule has 0 aromatic heterocycles. The zero-order valence-electron chi connectivity index (χ0n) is 11.5. The minimum absolute atomic E-state index is 0.176. The quantitative estimate of drug-likeness (QED) is 0.804. The maximum Gasteiger partial charge on any atom is 0.323 e. The normalized spacial score (nSPS) is 12.8. The van der Waals surface area contributed by atoms with Gasteiger partial charge in [0.2, 0.25) is 5.91 Å². The van der Waals surface area contributed by atoms with Gasteiger partial charge >= 0.3 is 5.97 Å². The number of carboxylic acids is 1. The lowest BCUT2D eigenvalue weighted by atomic mass is 10.0. The zero-order chi connectivity index (χ0) is 14.5. The van der Waals surface area contributed by atoms with Crippen molar-refractivity contribution in [3.63, 3.8) is 0 Å². The Morgan fingerprint density at radius 1 is 1.30 bits per heavy atom. The number of aryl methyl sites for hydroxylation is 2. The second-order valence-corrected chi connectivity index (χ2v) is 5.09. The topological polar surface area (TPSA) is 57.6 Å². The van der Waals surface area contributed by atoms with Crippen LogP contribution < -0.4 is 0 Å². The monoisotopic (exact) mass is 273 g/mol. The van der Waals surface area contributed by atoms with Gasteiger partial charge in [0.1, 0.15) is 6.54 Å². The molecule has 0 saturated heterocycles. The predicted octanol–water partition coefficient (Wildman–Crippen LogP) is 1.82. The van der Waals surface area contributed by atoms with Crippen molar-refractivity contribution in [2.45, 2.75) is 25.7 Å². The first-order valence-corrected chi connectivity index (χ1v) is 6.81. The Labute approximate surface area is 118 Å². The summed E-state index contributed by atoms with van der Waals surface area (Å²) in [4.78, 5) is 24.2. The molecule has 1 amide bonds. The number of benzene rings is 1. The molecule has 0 fully saturated rings. The van der Waals surface area contributed by atoms with Gasteiger partial charge < -0.3 is 10.0 Å². The van der Waals surface area contributed by atoms with Crippen molar-refractivity contribution in [2.24, 2.45) is 0 Å². The van der Waals surface area contributed by atoms with Crippen LogP contribution >= 0.6 is 0 Å². The first-order chi connectivity index (χ1) is 9.60. The molecule has 1 N–H and O–H groups in total. The van der Waals surface area contributed by atoms with Gasteiger partial charge in [-0.15, -0.1) is 6.58 Å². The maximum atomic E-state index is 12.2. The fraction of sp³-hybridized carbons (Fsp3) is 0.375. The van der Waals surface area contributed by atoms with E-state index in [2.05, 4.69) is 18.7 Å². The molecule has 0 spiro atoms. The van der Waals surface area contributed by atoms with Gasteiger partial charge in [-0.05, 0) is 36.0 Å². The lowest BCUT2D eigenvalue weighted by Gasteiger charge is -2.19. The van der Waals surface area contributed by atoms with E-state index in [9.17, 15) is 9.59 Å². The van der Waals surface area contributed by atoms with Gasteiger partial charge in [0.25, 0.3) is 0 Å². The van der Waals surface area contributed by atoms with Crippen LogP contribution in [0.25, 0.3) is 0 Å². The number of nitrogens with zero attached hydrogens (tertiary/aromatic N) is 1. The zero-order valence-corrected chi connectivity index (χ0v) is 11.5. The summed E-state index contributed by atoms with van der Waals surface area (Å²) in [6.07, 6.45) is 5.15. The fourth-order valence-corrected chi connectivity index (χ4v) is 2.60. The van der Waals surface area contributed by atoms with Crippen LogP contribution in [0.4, 0.5) is 0 Å². The summed E-state index contributed by atoms with van der Waals surface area (Å²) in [5.74, 6) is -1.18. The highest BCUT2D eigenvalue weighted by molar-refractivity contribution is 5.83. The van der Waals surface area contributed by atoms with Crippen LogP contribution in [0.3, 0.4) is 0 Å². The summed E-state index contributed by atoms with van der Waals surface area (Å²) in [6, 6.07) is 6.13. The number of carbonyl (C=O) groups is 2. The van der Waals surface area contributed by atoms with E-state index >= 15 is 0 Å². The van der Waals surface area contributed by atoms with Crippen LogP contribution in [0.5, 0.6) is 0 Å². The van der Waals surface area contributed by atoms with Gasteiger partial charge in [0, 0.05) is 6.54 Å². The third-order valence-corrected chi connectivity index (χ3v) is 3.55. The summed E-state index contributed by atoms with van der Waals surface area (Å²) >= 11 is 0. The van der Waals surface area contributed by atoms with Gasteiger partial charge in [-0.3, -0.25) is 9.59 Å². The van der Waals surface area contributed by atoms with Gasteiger partial charge in [0.05, 0.1) is 6.42 Å². The minimum Gasteiger partial charge on any atom is -0.480 e. The number of carbonyl (C=O) groups excluding carboxylic acids is 1. The molecule has 0 saturated carbocycles. The Bertz CT molecular complexity index is 537.